The zero-order chi connectivity index (χ0) is 38.1. The van der Waals surface area contributed by atoms with Gasteiger partial charge in [0.2, 0.25) is 0 Å². The van der Waals surface area contributed by atoms with Crippen LogP contribution in [0.5, 0.6) is 0 Å². The van der Waals surface area contributed by atoms with Gasteiger partial charge in [-0.15, -0.1) is 0 Å². The predicted octanol–water partition coefficient (Wildman–Crippen LogP) is 20.1. The van der Waals surface area contributed by atoms with E-state index in [1.165, 1.54) is 128 Å². The summed E-state index contributed by atoms with van der Waals surface area (Å²) >= 11 is 0. The molecule has 0 unspecified atom stereocenters. The van der Waals surface area contributed by atoms with Crippen LogP contribution >= 0.6 is 0 Å². The van der Waals surface area contributed by atoms with Gasteiger partial charge in [-0.2, -0.15) is 0 Å². The van der Waals surface area contributed by atoms with Gasteiger partial charge in [-0.05, 0) is 0 Å². The molecule has 0 aromatic heterocycles. The summed E-state index contributed by atoms with van der Waals surface area (Å²) in [6.07, 6.45) is 26.4. The van der Waals surface area contributed by atoms with Crippen molar-refractivity contribution in [2.45, 2.75) is 295 Å². The van der Waals surface area contributed by atoms with Gasteiger partial charge in [-0.3, -0.25) is 0 Å². The van der Waals surface area contributed by atoms with Crippen LogP contribution in [0.25, 0.3) is 0 Å². The second-order valence-electron chi connectivity index (χ2n) is 10.00. The molecule has 288 valence electrons. The number of rotatable bonds is 10. The van der Waals surface area contributed by atoms with Gasteiger partial charge in [-0.1, -0.05) is 295 Å². The van der Waals surface area contributed by atoms with E-state index in [-0.39, 0.29) is 0 Å². The molecule has 0 saturated heterocycles. The van der Waals surface area contributed by atoms with E-state index in [1.54, 1.807) is 0 Å². The van der Waals surface area contributed by atoms with Crippen molar-refractivity contribution in [2.75, 3.05) is 0 Å². The summed E-state index contributed by atoms with van der Waals surface area (Å²) in [6.45, 7) is 51.6. The van der Waals surface area contributed by atoms with Crippen molar-refractivity contribution in [3.05, 3.63) is 0 Å². The van der Waals surface area contributed by atoms with Crippen molar-refractivity contribution in [1.29, 1.82) is 0 Å². The Labute approximate surface area is 293 Å². The molecule has 0 aromatic rings. The molecule has 0 bridgehead atoms. The van der Waals surface area contributed by atoms with Crippen LogP contribution in [0, 0.1) is 0 Å². The molecule has 0 saturated carbocycles. The zero-order valence-electron chi connectivity index (χ0n) is 38.1. The number of unbranched alkanes of at least 4 members (excludes halogenated alkanes) is 10. The monoisotopic (exact) mass is 641 g/mol. The van der Waals surface area contributed by atoms with Crippen molar-refractivity contribution in [2.24, 2.45) is 0 Å². The predicted molar refractivity (Wildman–Crippen MR) is 229 cm³/mol. The summed E-state index contributed by atoms with van der Waals surface area (Å²) in [7, 11) is 0. The lowest BCUT2D eigenvalue weighted by molar-refractivity contribution is 0.886. The lowest BCUT2D eigenvalue weighted by atomic mass is 10.4. The summed E-state index contributed by atoms with van der Waals surface area (Å²) in [4.78, 5) is 0. The smallest absolute Gasteiger partial charge is 0.0564 e. The van der Waals surface area contributed by atoms with Crippen LogP contribution in [-0.4, -0.2) is 0 Å². The fourth-order valence-corrected chi connectivity index (χ4v) is 0. The summed E-state index contributed by atoms with van der Waals surface area (Å²) in [5.41, 5.74) is 0. The standard InChI is InChI=1S/10C4H10.2C2H6/c10*1-3-4-2;2*1-2/h10*3-4H2,1-2H3;2*1-2H3. The van der Waals surface area contributed by atoms with Crippen molar-refractivity contribution >= 4 is 0 Å². The van der Waals surface area contributed by atoms with Crippen LogP contribution in [0.3, 0.4) is 0 Å². The Morgan fingerprint density at radius 2 is 0.136 bits per heavy atom. The minimum Gasteiger partial charge on any atom is -0.0683 e. The molecule has 0 aliphatic carbocycles. The van der Waals surface area contributed by atoms with Crippen molar-refractivity contribution in [1.82, 2.24) is 0 Å². The average Bonchev–Trinajstić information content (AvgIpc) is 3.13. The Morgan fingerprint density at radius 3 is 0.136 bits per heavy atom. The Morgan fingerprint density at radius 1 is 0.114 bits per heavy atom. The molecule has 0 aliphatic heterocycles. The molecule has 0 rings (SSSR count). The SMILES string of the molecule is CC.CC.CCCC.CCCC.CCCC.CCCC.CCCC.CCCC.CCCC.CCCC.CCCC.CCCC. The Kier molecular flexibility index (Phi) is 342. The Bertz CT molecular complexity index is 86.4. The normalized spacial score (nSPS) is 7.09. The largest absolute Gasteiger partial charge is 0.0683 e. The first-order valence-electron chi connectivity index (χ1n) is 21.1. The Balaban J connectivity index is -0.0000000255. The molecule has 0 N–H and O–H groups in total. The first kappa shape index (κ1) is 79.4. The topological polar surface area (TPSA) is 0 Å². The minimum atomic E-state index is 1.32. The molecule has 0 spiro atoms. The molecular weight excluding hydrogens is 528 g/mol. The third-order valence-electron chi connectivity index (χ3n) is 5.00. The molecule has 0 heterocycles. The molecule has 0 aliphatic rings. The average molecular weight is 641 g/mol. The molecule has 0 radical (unpaired) electrons. The molecule has 0 atom stereocenters. The summed E-state index contributed by atoms with van der Waals surface area (Å²) in [6, 6.07) is 0. The van der Waals surface area contributed by atoms with Crippen LogP contribution < -0.4 is 0 Å². The van der Waals surface area contributed by atoms with Crippen LogP contribution in [0.15, 0.2) is 0 Å². The van der Waals surface area contributed by atoms with Crippen molar-refractivity contribution < 1.29 is 0 Å². The van der Waals surface area contributed by atoms with E-state index in [0.717, 1.165) is 0 Å². The maximum Gasteiger partial charge on any atom is -0.0564 e. The molecule has 44 heavy (non-hydrogen) atoms. The maximum atomic E-state index is 2.18. The van der Waals surface area contributed by atoms with E-state index in [4.69, 9.17) is 0 Å². The highest BCUT2D eigenvalue weighted by molar-refractivity contribution is 4.16. The highest BCUT2D eigenvalue weighted by atomic mass is 13.7. The lowest BCUT2D eigenvalue weighted by Crippen LogP contribution is -1.47. The third kappa shape index (κ3) is 706. The van der Waals surface area contributed by atoms with E-state index >= 15 is 0 Å². The van der Waals surface area contributed by atoms with Crippen LogP contribution in [0.2, 0.25) is 0 Å². The van der Waals surface area contributed by atoms with E-state index in [1.807, 2.05) is 27.7 Å². The van der Waals surface area contributed by atoms with Gasteiger partial charge in [0.1, 0.15) is 0 Å². The first-order chi connectivity index (χ1) is 21.1. The van der Waals surface area contributed by atoms with Crippen molar-refractivity contribution in [3.8, 4) is 0 Å². The van der Waals surface area contributed by atoms with Crippen LogP contribution in [0.4, 0.5) is 0 Å². The second-order valence-corrected chi connectivity index (χ2v) is 10.00. The van der Waals surface area contributed by atoms with Crippen LogP contribution in [-0.2, 0) is 0 Å². The molecular formula is C44H112. The molecule has 0 nitrogen and oxygen atoms in total. The number of hydrogen-bond donors (Lipinski definition) is 0. The quantitative estimate of drug-likeness (QED) is 0.223. The summed E-state index contributed by atoms with van der Waals surface area (Å²) in [5.74, 6) is 0. The third-order valence-corrected chi connectivity index (χ3v) is 5.00. The molecule has 0 amide bonds. The fraction of sp³-hybridized carbons (Fsp3) is 1.00. The fourth-order valence-electron chi connectivity index (χ4n) is 0. The minimum absolute atomic E-state index is 1.32. The lowest BCUT2D eigenvalue weighted by Gasteiger charge is -1.68. The Hall–Kier alpha value is 0. The molecule has 0 fully saturated rings. The van der Waals surface area contributed by atoms with Gasteiger partial charge in [0.15, 0.2) is 0 Å². The summed E-state index contributed by atoms with van der Waals surface area (Å²) < 4.78 is 0. The molecule has 0 heteroatoms. The van der Waals surface area contributed by atoms with Crippen molar-refractivity contribution in [3.63, 3.8) is 0 Å². The van der Waals surface area contributed by atoms with Gasteiger partial charge in [0, 0.05) is 0 Å². The summed E-state index contributed by atoms with van der Waals surface area (Å²) in [5, 5.41) is 0. The van der Waals surface area contributed by atoms with E-state index < -0.39 is 0 Å². The second kappa shape index (κ2) is 190. The highest BCUT2D eigenvalue weighted by Gasteiger charge is 1.59. The first-order valence-corrected chi connectivity index (χ1v) is 21.1. The van der Waals surface area contributed by atoms with Gasteiger partial charge in [0.25, 0.3) is 0 Å². The maximum absolute atomic E-state index is 2.18. The van der Waals surface area contributed by atoms with Gasteiger partial charge in [-0.25, -0.2) is 0 Å². The highest BCUT2D eigenvalue weighted by Crippen LogP contribution is 1.80. The number of hydrogen-bond acceptors (Lipinski definition) is 0. The van der Waals surface area contributed by atoms with E-state index in [2.05, 4.69) is 138 Å². The van der Waals surface area contributed by atoms with E-state index in [9.17, 15) is 0 Å². The zero-order valence-corrected chi connectivity index (χ0v) is 38.1. The van der Waals surface area contributed by atoms with Gasteiger partial charge < -0.3 is 0 Å². The van der Waals surface area contributed by atoms with Gasteiger partial charge in [0.05, 0.1) is 0 Å². The van der Waals surface area contributed by atoms with Gasteiger partial charge >= 0.3 is 0 Å². The molecule has 0 aromatic carbocycles. The van der Waals surface area contributed by atoms with E-state index in [0.29, 0.717) is 0 Å². The van der Waals surface area contributed by atoms with Crippen LogP contribution in [0.1, 0.15) is 295 Å².